The van der Waals surface area contributed by atoms with Crippen molar-refractivity contribution in [3.8, 4) is 11.1 Å². The third kappa shape index (κ3) is 2.59. The molecule has 3 aromatic heterocycles. The molecule has 1 aromatic carbocycles. The Balaban J connectivity index is 1.68. The molecule has 1 aliphatic carbocycles. The summed E-state index contributed by atoms with van der Waals surface area (Å²) in [5.41, 5.74) is 7.24. The summed E-state index contributed by atoms with van der Waals surface area (Å²) in [6.07, 6.45) is 9.45. The number of aromatic nitrogens is 5. The van der Waals surface area contributed by atoms with Gasteiger partial charge in [0.15, 0.2) is 5.65 Å². The van der Waals surface area contributed by atoms with E-state index < -0.39 is 0 Å². The third-order valence-electron chi connectivity index (χ3n) is 5.87. The molecule has 4 aromatic rings. The third-order valence-corrected chi connectivity index (χ3v) is 5.87. The number of hydrogen-bond acceptors (Lipinski definition) is 3. The summed E-state index contributed by atoms with van der Waals surface area (Å²) in [4.78, 5) is 20.1. The van der Waals surface area contributed by atoms with Crippen LogP contribution in [0.1, 0.15) is 49.3 Å². The Morgan fingerprint density at radius 1 is 1.07 bits per heavy atom. The van der Waals surface area contributed by atoms with Gasteiger partial charge >= 0.3 is 5.69 Å². The number of imidazole rings is 1. The van der Waals surface area contributed by atoms with E-state index in [0.29, 0.717) is 6.04 Å². The van der Waals surface area contributed by atoms with Crippen molar-refractivity contribution in [2.75, 3.05) is 0 Å². The molecule has 1 saturated carbocycles. The lowest BCUT2D eigenvalue weighted by Gasteiger charge is -2.23. The molecular weight excluding hydrogens is 338 g/mol. The van der Waals surface area contributed by atoms with Gasteiger partial charge in [-0.3, -0.25) is 4.57 Å². The second kappa shape index (κ2) is 6.08. The number of rotatable bonds is 2. The van der Waals surface area contributed by atoms with Gasteiger partial charge in [0, 0.05) is 17.8 Å². The van der Waals surface area contributed by atoms with E-state index in [1.165, 1.54) is 19.3 Å². The van der Waals surface area contributed by atoms with E-state index in [0.717, 1.165) is 51.8 Å². The van der Waals surface area contributed by atoms with Gasteiger partial charge in [0.05, 0.1) is 11.0 Å². The molecule has 0 bridgehead atoms. The second-order valence-corrected chi connectivity index (χ2v) is 7.72. The molecule has 0 aliphatic heterocycles. The zero-order valence-electron chi connectivity index (χ0n) is 15.7. The highest BCUT2D eigenvalue weighted by molar-refractivity contribution is 5.84. The highest BCUT2D eigenvalue weighted by atomic mass is 16.1. The maximum absolute atomic E-state index is 12.7. The number of nitrogens with one attached hydrogen (secondary N) is 1. The van der Waals surface area contributed by atoms with Crippen LogP contribution in [0.25, 0.3) is 27.8 Å². The number of fused-ring (bicyclic) bond motifs is 2. The van der Waals surface area contributed by atoms with Crippen molar-refractivity contribution in [3.05, 3.63) is 52.3 Å². The minimum atomic E-state index is 0.0105. The van der Waals surface area contributed by atoms with Crippen molar-refractivity contribution < 1.29 is 0 Å². The molecule has 5 rings (SSSR count). The molecule has 138 valence electrons. The van der Waals surface area contributed by atoms with Gasteiger partial charge in [-0.25, -0.2) is 14.3 Å². The topological polar surface area (TPSA) is 68.0 Å². The summed E-state index contributed by atoms with van der Waals surface area (Å²) in [6.45, 7) is 4.15. The molecule has 27 heavy (non-hydrogen) atoms. The number of nitrogens with zero attached hydrogens (tertiary/aromatic N) is 4. The maximum atomic E-state index is 12.7. The van der Waals surface area contributed by atoms with Crippen LogP contribution >= 0.6 is 0 Å². The highest BCUT2D eigenvalue weighted by Gasteiger charge is 2.20. The van der Waals surface area contributed by atoms with E-state index in [9.17, 15) is 4.79 Å². The van der Waals surface area contributed by atoms with E-state index in [1.54, 1.807) is 6.33 Å². The van der Waals surface area contributed by atoms with Crippen LogP contribution in [0.4, 0.5) is 0 Å². The second-order valence-electron chi connectivity index (χ2n) is 7.72. The Bertz CT molecular complexity index is 1210. The van der Waals surface area contributed by atoms with E-state index in [1.807, 2.05) is 22.2 Å². The standard InChI is InChI=1S/C21H23N5O/c1-13-9-19-18(24-21(27)26(19)16-6-4-3-5-7-16)10-17(13)15-8-14(2)20-22-12-23-25(20)11-15/h8-12,16H,3-7H2,1-2H3,(H,24,27). The van der Waals surface area contributed by atoms with Gasteiger partial charge in [-0.15, -0.1) is 0 Å². The average molecular weight is 361 g/mol. The minimum absolute atomic E-state index is 0.0105. The molecule has 1 fully saturated rings. The lowest BCUT2D eigenvalue weighted by molar-refractivity contribution is 0.353. The molecule has 6 nitrogen and oxygen atoms in total. The van der Waals surface area contributed by atoms with Gasteiger partial charge in [-0.2, -0.15) is 5.10 Å². The van der Waals surface area contributed by atoms with Gasteiger partial charge in [0.25, 0.3) is 0 Å². The molecule has 0 saturated heterocycles. The Hall–Kier alpha value is -2.89. The number of pyridine rings is 1. The SMILES string of the molecule is Cc1cc2c(cc1-c1cc(C)c3ncnn3c1)[nH]c(=O)n2C1CCCCC1. The predicted molar refractivity (Wildman–Crippen MR) is 106 cm³/mol. The fraction of sp³-hybridized carbons (Fsp3) is 0.381. The summed E-state index contributed by atoms with van der Waals surface area (Å²) in [6, 6.07) is 6.70. The van der Waals surface area contributed by atoms with Crippen LogP contribution in [-0.4, -0.2) is 24.1 Å². The van der Waals surface area contributed by atoms with Crippen molar-refractivity contribution in [3.63, 3.8) is 0 Å². The van der Waals surface area contributed by atoms with E-state index in [4.69, 9.17) is 0 Å². The summed E-state index contributed by atoms with van der Waals surface area (Å²) in [5.74, 6) is 0. The lowest BCUT2D eigenvalue weighted by Crippen LogP contribution is -2.23. The van der Waals surface area contributed by atoms with E-state index in [2.05, 4.69) is 40.2 Å². The monoisotopic (exact) mass is 361 g/mol. The summed E-state index contributed by atoms with van der Waals surface area (Å²) in [7, 11) is 0. The molecule has 0 atom stereocenters. The first kappa shape index (κ1) is 16.3. The fourth-order valence-corrected chi connectivity index (χ4v) is 4.53. The number of H-pyrrole nitrogens is 1. The van der Waals surface area contributed by atoms with Crippen molar-refractivity contribution in [1.29, 1.82) is 0 Å². The quantitative estimate of drug-likeness (QED) is 0.583. The van der Waals surface area contributed by atoms with Crippen LogP contribution < -0.4 is 5.69 Å². The van der Waals surface area contributed by atoms with Crippen molar-refractivity contribution in [2.24, 2.45) is 0 Å². The van der Waals surface area contributed by atoms with Crippen LogP contribution in [0.3, 0.4) is 0 Å². The van der Waals surface area contributed by atoms with Crippen LogP contribution in [0, 0.1) is 13.8 Å². The number of benzene rings is 1. The average Bonchev–Trinajstić information content (AvgIpc) is 3.25. The minimum Gasteiger partial charge on any atom is -0.306 e. The van der Waals surface area contributed by atoms with Crippen LogP contribution in [-0.2, 0) is 0 Å². The molecule has 0 spiro atoms. The van der Waals surface area contributed by atoms with Crippen molar-refractivity contribution in [1.82, 2.24) is 24.1 Å². The number of aryl methyl sites for hydroxylation is 2. The van der Waals surface area contributed by atoms with Crippen LogP contribution in [0.15, 0.2) is 35.5 Å². The van der Waals surface area contributed by atoms with Gasteiger partial charge < -0.3 is 4.98 Å². The number of hydrogen-bond donors (Lipinski definition) is 1. The maximum Gasteiger partial charge on any atom is 0.326 e. The molecule has 6 heteroatoms. The summed E-state index contributed by atoms with van der Waals surface area (Å²) < 4.78 is 3.79. The fourth-order valence-electron chi connectivity index (χ4n) is 4.53. The zero-order valence-corrected chi connectivity index (χ0v) is 15.7. The lowest BCUT2D eigenvalue weighted by atomic mass is 9.95. The molecule has 0 amide bonds. The molecule has 0 radical (unpaired) electrons. The first-order valence-corrected chi connectivity index (χ1v) is 9.67. The molecule has 3 heterocycles. The van der Waals surface area contributed by atoms with E-state index in [-0.39, 0.29) is 5.69 Å². The summed E-state index contributed by atoms with van der Waals surface area (Å²) >= 11 is 0. The van der Waals surface area contributed by atoms with Gasteiger partial charge in [0.2, 0.25) is 0 Å². The molecule has 1 N–H and O–H groups in total. The van der Waals surface area contributed by atoms with E-state index >= 15 is 0 Å². The highest BCUT2D eigenvalue weighted by Crippen LogP contribution is 2.32. The van der Waals surface area contributed by atoms with Crippen molar-refractivity contribution in [2.45, 2.75) is 52.0 Å². The predicted octanol–water partition coefficient (Wildman–Crippen LogP) is 4.16. The molecule has 1 aliphatic rings. The van der Waals surface area contributed by atoms with Gasteiger partial charge in [-0.05, 0) is 61.6 Å². The van der Waals surface area contributed by atoms with Crippen molar-refractivity contribution >= 4 is 16.7 Å². The molecular formula is C21H23N5O. The zero-order chi connectivity index (χ0) is 18.5. The Morgan fingerprint density at radius 3 is 2.70 bits per heavy atom. The normalized spacial score (nSPS) is 15.8. The Labute approximate surface area is 156 Å². The first-order valence-electron chi connectivity index (χ1n) is 9.67. The summed E-state index contributed by atoms with van der Waals surface area (Å²) in [5, 5.41) is 4.28. The molecule has 0 unspecified atom stereocenters. The Morgan fingerprint density at radius 2 is 1.89 bits per heavy atom. The number of aromatic amines is 1. The van der Waals surface area contributed by atoms with Gasteiger partial charge in [-0.1, -0.05) is 19.3 Å². The van der Waals surface area contributed by atoms with Gasteiger partial charge in [0.1, 0.15) is 6.33 Å². The first-order chi connectivity index (χ1) is 13.1. The largest absolute Gasteiger partial charge is 0.326 e. The van der Waals surface area contributed by atoms with Crippen LogP contribution in [0.5, 0.6) is 0 Å². The van der Waals surface area contributed by atoms with Crippen LogP contribution in [0.2, 0.25) is 0 Å². The Kier molecular flexibility index (Phi) is 3.67. The smallest absolute Gasteiger partial charge is 0.306 e.